The van der Waals surface area contributed by atoms with E-state index in [2.05, 4.69) is 15.6 Å². The molecule has 22 heavy (non-hydrogen) atoms. The molecule has 6 heteroatoms. The third-order valence-electron chi connectivity index (χ3n) is 4.02. The average Bonchev–Trinajstić information content (AvgIpc) is 3.17. The van der Waals surface area contributed by atoms with Crippen LogP contribution in [0.4, 0.5) is 14.5 Å². The summed E-state index contributed by atoms with van der Waals surface area (Å²) in [6, 6.07) is 4.68. The second-order valence-corrected chi connectivity index (χ2v) is 5.89. The Bertz CT molecular complexity index is 537. The molecule has 1 aliphatic heterocycles. The van der Waals surface area contributed by atoms with Crippen LogP contribution in [0.2, 0.25) is 0 Å². The lowest BCUT2D eigenvalue weighted by atomic mass is 10.2. The summed E-state index contributed by atoms with van der Waals surface area (Å²) in [4.78, 5) is 6.20. The number of anilines is 1. The topological polar surface area (TPSA) is 39.7 Å². The molecule has 1 saturated carbocycles. The molecule has 2 fully saturated rings. The van der Waals surface area contributed by atoms with Crippen LogP contribution in [0.3, 0.4) is 0 Å². The summed E-state index contributed by atoms with van der Waals surface area (Å²) >= 11 is 0. The molecule has 1 aromatic rings. The number of nitrogens with one attached hydrogen (secondary N) is 2. The number of benzene rings is 1. The molecule has 1 aliphatic carbocycles. The summed E-state index contributed by atoms with van der Waals surface area (Å²) in [5.74, 6) is -0.190. The summed E-state index contributed by atoms with van der Waals surface area (Å²) < 4.78 is 27.7. The fraction of sp³-hybridized carbons (Fsp3) is 0.562. The lowest BCUT2D eigenvalue weighted by Crippen LogP contribution is -2.45. The van der Waals surface area contributed by atoms with Gasteiger partial charge in [-0.1, -0.05) is 6.07 Å². The minimum atomic E-state index is -0.501. The fourth-order valence-electron chi connectivity index (χ4n) is 2.78. The van der Waals surface area contributed by atoms with Crippen LogP contribution in [-0.4, -0.2) is 37.7 Å². The van der Waals surface area contributed by atoms with Crippen molar-refractivity contribution in [1.29, 1.82) is 0 Å². The van der Waals surface area contributed by atoms with Gasteiger partial charge >= 0.3 is 0 Å². The van der Waals surface area contributed by atoms with E-state index in [1.54, 1.807) is 4.90 Å². The Labute approximate surface area is 129 Å². The van der Waals surface area contributed by atoms with Gasteiger partial charge in [-0.05, 0) is 38.3 Å². The van der Waals surface area contributed by atoms with E-state index in [4.69, 9.17) is 0 Å². The Morgan fingerprint density at radius 3 is 2.50 bits per heavy atom. The summed E-state index contributed by atoms with van der Waals surface area (Å²) in [5.41, 5.74) is 0.0796. The van der Waals surface area contributed by atoms with Crippen LogP contribution in [0.5, 0.6) is 0 Å². The molecule has 0 amide bonds. The van der Waals surface area contributed by atoms with Crippen LogP contribution < -0.4 is 15.5 Å². The molecular formula is C16H22F2N4. The Morgan fingerprint density at radius 2 is 1.86 bits per heavy atom. The largest absolute Gasteiger partial charge is 0.365 e. The van der Waals surface area contributed by atoms with Crippen molar-refractivity contribution in [2.45, 2.75) is 38.3 Å². The monoisotopic (exact) mass is 308 g/mol. The quantitative estimate of drug-likeness (QED) is 0.662. The minimum absolute atomic E-state index is 0.0796. The second kappa shape index (κ2) is 6.50. The Balaban J connectivity index is 1.63. The number of halogens is 2. The van der Waals surface area contributed by atoms with Gasteiger partial charge in [-0.15, -0.1) is 0 Å². The maximum absolute atomic E-state index is 13.9. The van der Waals surface area contributed by atoms with Crippen molar-refractivity contribution in [3.05, 3.63) is 29.8 Å². The number of rotatable bonds is 4. The van der Waals surface area contributed by atoms with E-state index in [-0.39, 0.29) is 11.7 Å². The number of para-hydroxylation sites is 1. The first-order valence-electron chi connectivity index (χ1n) is 7.94. The highest BCUT2D eigenvalue weighted by molar-refractivity contribution is 5.80. The summed E-state index contributed by atoms with van der Waals surface area (Å²) in [7, 11) is 0. The van der Waals surface area contributed by atoms with Crippen LogP contribution >= 0.6 is 0 Å². The first-order valence-corrected chi connectivity index (χ1v) is 7.94. The third-order valence-corrected chi connectivity index (χ3v) is 4.02. The maximum atomic E-state index is 13.9. The lowest BCUT2D eigenvalue weighted by molar-refractivity contribution is 0.576. The minimum Gasteiger partial charge on any atom is -0.365 e. The van der Waals surface area contributed by atoms with Gasteiger partial charge in [0, 0.05) is 31.7 Å². The van der Waals surface area contributed by atoms with Crippen molar-refractivity contribution >= 4 is 11.6 Å². The highest BCUT2D eigenvalue weighted by Crippen LogP contribution is 2.26. The predicted molar refractivity (Wildman–Crippen MR) is 84.2 cm³/mol. The van der Waals surface area contributed by atoms with E-state index in [9.17, 15) is 8.78 Å². The van der Waals surface area contributed by atoms with Gasteiger partial charge in [-0.2, -0.15) is 0 Å². The molecule has 1 aromatic carbocycles. The van der Waals surface area contributed by atoms with Crippen molar-refractivity contribution < 1.29 is 8.78 Å². The molecule has 120 valence electrons. The molecule has 0 radical (unpaired) electrons. The number of hydrogen-bond acceptors (Lipinski definition) is 2. The Morgan fingerprint density at radius 1 is 1.18 bits per heavy atom. The molecule has 0 bridgehead atoms. The Kier molecular flexibility index (Phi) is 4.45. The van der Waals surface area contributed by atoms with Gasteiger partial charge < -0.3 is 15.5 Å². The van der Waals surface area contributed by atoms with Crippen LogP contribution in [0.25, 0.3) is 0 Å². The highest BCUT2D eigenvalue weighted by atomic mass is 19.1. The van der Waals surface area contributed by atoms with Crippen molar-refractivity contribution in [2.75, 3.05) is 24.5 Å². The van der Waals surface area contributed by atoms with Crippen molar-refractivity contribution in [2.24, 2.45) is 4.99 Å². The fourth-order valence-corrected chi connectivity index (χ4v) is 2.78. The SMILES string of the molecule is CCN=C(NC1CC1)NC1CCN(c2c(F)cccc2F)C1. The number of aliphatic imine (C=N–C) groups is 1. The zero-order valence-corrected chi connectivity index (χ0v) is 12.8. The van der Waals surface area contributed by atoms with Crippen LogP contribution in [0, 0.1) is 11.6 Å². The van der Waals surface area contributed by atoms with Crippen molar-refractivity contribution in [1.82, 2.24) is 10.6 Å². The van der Waals surface area contributed by atoms with Gasteiger partial charge in [0.25, 0.3) is 0 Å². The van der Waals surface area contributed by atoms with E-state index in [1.165, 1.54) is 31.0 Å². The second-order valence-electron chi connectivity index (χ2n) is 5.89. The first-order chi connectivity index (χ1) is 10.7. The normalized spacial score (nSPS) is 22.0. The third kappa shape index (κ3) is 3.48. The number of guanidine groups is 1. The van der Waals surface area contributed by atoms with Crippen molar-refractivity contribution in [3.8, 4) is 0 Å². The molecule has 3 rings (SSSR count). The van der Waals surface area contributed by atoms with Gasteiger partial charge in [-0.3, -0.25) is 4.99 Å². The molecule has 0 spiro atoms. The first kappa shape index (κ1) is 15.1. The molecule has 1 unspecified atom stereocenters. The number of nitrogens with zero attached hydrogens (tertiary/aromatic N) is 2. The molecule has 1 saturated heterocycles. The van der Waals surface area contributed by atoms with Gasteiger partial charge in [0.2, 0.25) is 0 Å². The Hall–Kier alpha value is -1.85. The van der Waals surface area contributed by atoms with Gasteiger partial charge in [-0.25, -0.2) is 8.78 Å². The summed E-state index contributed by atoms with van der Waals surface area (Å²) in [5, 5.41) is 6.75. The van der Waals surface area contributed by atoms with Crippen LogP contribution in [0.1, 0.15) is 26.2 Å². The smallest absolute Gasteiger partial charge is 0.191 e. The van der Waals surface area contributed by atoms with Gasteiger partial charge in [0.05, 0.1) is 0 Å². The predicted octanol–water partition coefficient (Wildman–Crippen LogP) is 2.26. The van der Waals surface area contributed by atoms with E-state index in [1.807, 2.05) is 6.92 Å². The van der Waals surface area contributed by atoms with E-state index in [0.717, 1.165) is 12.4 Å². The van der Waals surface area contributed by atoms with Gasteiger partial charge in [0.15, 0.2) is 5.96 Å². The van der Waals surface area contributed by atoms with Crippen LogP contribution in [-0.2, 0) is 0 Å². The van der Waals surface area contributed by atoms with Gasteiger partial charge in [0.1, 0.15) is 17.3 Å². The molecule has 2 N–H and O–H groups in total. The molecular weight excluding hydrogens is 286 g/mol. The van der Waals surface area contributed by atoms with E-state index >= 15 is 0 Å². The molecule has 0 aromatic heterocycles. The van der Waals surface area contributed by atoms with Crippen LogP contribution in [0.15, 0.2) is 23.2 Å². The highest BCUT2D eigenvalue weighted by Gasteiger charge is 2.28. The molecule has 4 nitrogen and oxygen atoms in total. The van der Waals surface area contributed by atoms with E-state index in [0.29, 0.717) is 25.7 Å². The maximum Gasteiger partial charge on any atom is 0.191 e. The molecule has 2 aliphatic rings. The molecule has 1 heterocycles. The lowest BCUT2D eigenvalue weighted by Gasteiger charge is -2.21. The zero-order valence-electron chi connectivity index (χ0n) is 12.8. The summed E-state index contributed by atoms with van der Waals surface area (Å²) in [6.07, 6.45) is 3.20. The zero-order chi connectivity index (χ0) is 15.5. The number of hydrogen-bond donors (Lipinski definition) is 2. The molecule has 1 atom stereocenters. The van der Waals surface area contributed by atoms with Crippen molar-refractivity contribution in [3.63, 3.8) is 0 Å². The summed E-state index contributed by atoms with van der Waals surface area (Å²) in [6.45, 7) is 3.91. The van der Waals surface area contributed by atoms with E-state index < -0.39 is 11.6 Å². The average molecular weight is 308 g/mol. The standard InChI is InChI=1S/C16H22F2N4/c1-2-19-16(20-11-6-7-11)21-12-8-9-22(10-12)15-13(17)4-3-5-14(15)18/h3-5,11-12H,2,6-10H2,1H3,(H2,19,20,21).